The monoisotopic (exact) mass is 354 g/mol. The maximum atomic E-state index is 13.0. The number of aromatic nitrogens is 1. The Morgan fingerprint density at radius 1 is 1.36 bits per heavy atom. The number of halogens is 1. The normalized spacial score (nSPS) is 20.4. The molecule has 6 nitrogen and oxygen atoms in total. The standard InChI is InChI=1S/C18H11ClN2O4/c1-3-9-24-18-15-11(8-7-10(2)20-15)16(22)21(18)13-6-4-5-12(19)14(13)17(23)25-18/h1,4-8H,9H2,2H3. The molecule has 0 saturated heterocycles. The van der Waals surface area contributed by atoms with E-state index in [2.05, 4.69) is 10.9 Å². The van der Waals surface area contributed by atoms with Crippen LogP contribution in [0.4, 0.5) is 5.69 Å². The van der Waals surface area contributed by atoms with E-state index in [1.54, 1.807) is 37.3 Å². The number of amides is 1. The Balaban J connectivity index is 2.03. The first-order valence-electron chi connectivity index (χ1n) is 7.41. The molecule has 0 radical (unpaired) electrons. The maximum absolute atomic E-state index is 13.0. The van der Waals surface area contributed by atoms with Gasteiger partial charge in [0.25, 0.3) is 5.91 Å². The average molecular weight is 355 g/mol. The highest BCUT2D eigenvalue weighted by molar-refractivity contribution is 6.35. The van der Waals surface area contributed by atoms with Gasteiger partial charge in [0.1, 0.15) is 17.9 Å². The molecule has 124 valence electrons. The number of carbonyl (C=O) groups excluding carboxylic acids is 2. The third kappa shape index (κ3) is 2.00. The van der Waals surface area contributed by atoms with Crippen molar-refractivity contribution in [1.82, 2.24) is 4.98 Å². The zero-order valence-electron chi connectivity index (χ0n) is 13.1. The van der Waals surface area contributed by atoms with E-state index in [0.29, 0.717) is 11.4 Å². The van der Waals surface area contributed by atoms with E-state index in [4.69, 9.17) is 27.5 Å². The molecule has 2 aliphatic rings. The lowest BCUT2D eigenvalue weighted by Gasteiger charge is -2.40. The van der Waals surface area contributed by atoms with Crippen LogP contribution in [0.15, 0.2) is 30.3 Å². The zero-order valence-corrected chi connectivity index (χ0v) is 13.8. The number of aryl methyl sites for hydroxylation is 1. The Labute approximate surface area is 148 Å². The highest BCUT2D eigenvalue weighted by Crippen LogP contribution is 2.49. The van der Waals surface area contributed by atoms with Gasteiger partial charge in [-0.2, -0.15) is 0 Å². The van der Waals surface area contributed by atoms with E-state index in [-0.39, 0.29) is 28.5 Å². The van der Waals surface area contributed by atoms with Crippen molar-refractivity contribution in [3.05, 3.63) is 57.9 Å². The van der Waals surface area contributed by atoms with Crippen LogP contribution in [0.2, 0.25) is 5.02 Å². The van der Waals surface area contributed by atoms with Crippen molar-refractivity contribution in [1.29, 1.82) is 0 Å². The summed E-state index contributed by atoms with van der Waals surface area (Å²) >= 11 is 6.13. The Kier molecular flexibility index (Phi) is 3.32. The first kappa shape index (κ1) is 15.6. The predicted molar refractivity (Wildman–Crippen MR) is 89.1 cm³/mol. The van der Waals surface area contributed by atoms with Crippen LogP contribution in [-0.2, 0) is 15.4 Å². The molecular formula is C18H11ClN2O4. The molecule has 0 bridgehead atoms. The van der Waals surface area contributed by atoms with Crippen molar-refractivity contribution >= 4 is 29.2 Å². The SMILES string of the molecule is C#CCOC12OC(=O)c3c(Cl)cccc3N1C(=O)c1ccc(C)nc12. The molecule has 3 heterocycles. The smallest absolute Gasteiger partial charge is 0.352 e. The van der Waals surface area contributed by atoms with E-state index < -0.39 is 17.8 Å². The molecule has 4 rings (SSSR count). The minimum absolute atomic E-state index is 0.0991. The van der Waals surface area contributed by atoms with Crippen molar-refractivity contribution in [2.75, 3.05) is 11.5 Å². The summed E-state index contributed by atoms with van der Waals surface area (Å²) in [6.07, 6.45) is 5.30. The Bertz CT molecular complexity index is 982. The van der Waals surface area contributed by atoms with Gasteiger partial charge in [-0.1, -0.05) is 23.6 Å². The van der Waals surface area contributed by atoms with Crippen molar-refractivity contribution in [3.8, 4) is 12.3 Å². The maximum Gasteiger partial charge on any atom is 0.352 e. The molecule has 1 unspecified atom stereocenters. The second-order valence-electron chi connectivity index (χ2n) is 5.59. The summed E-state index contributed by atoms with van der Waals surface area (Å²) in [5.41, 5.74) is 1.52. The molecule has 2 aromatic rings. The fourth-order valence-corrected chi connectivity index (χ4v) is 3.32. The van der Waals surface area contributed by atoms with Crippen molar-refractivity contribution in [3.63, 3.8) is 0 Å². The molecule has 1 amide bonds. The number of hydrogen-bond acceptors (Lipinski definition) is 5. The predicted octanol–water partition coefficient (Wildman–Crippen LogP) is 2.63. The van der Waals surface area contributed by atoms with Crippen LogP contribution in [0.25, 0.3) is 0 Å². The summed E-state index contributed by atoms with van der Waals surface area (Å²) in [7, 11) is 0. The van der Waals surface area contributed by atoms with E-state index in [1.165, 1.54) is 4.90 Å². The first-order chi connectivity index (χ1) is 12.0. The summed E-state index contributed by atoms with van der Waals surface area (Å²) in [5, 5.41) is 0.181. The van der Waals surface area contributed by atoms with Gasteiger partial charge in [0, 0.05) is 5.69 Å². The third-order valence-corrected chi connectivity index (χ3v) is 4.40. The number of fused-ring (bicyclic) bond motifs is 5. The topological polar surface area (TPSA) is 68.7 Å². The fraction of sp³-hybridized carbons (Fsp3) is 0.167. The highest BCUT2D eigenvalue weighted by atomic mass is 35.5. The number of benzene rings is 1. The molecule has 7 heteroatoms. The number of terminal acetylenes is 1. The Hall–Kier alpha value is -2.88. The lowest BCUT2D eigenvalue weighted by Crippen LogP contribution is -2.53. The number of nitrogens with zero attached hydrogens (tertiary/aromatic N) is 2. The van der Waals surface area contributed by atoms with Crippen LogP contribution in [0.1, 0.15) is 32.1 Å². The van der Waals surface area contributed by atoms with Crippen LogP contribution in [0, 0.1) is 19.3 Å². The van der Waals surface area contributed by atoms with Crippen LogP contribution in [0.5, 0.6) is 0 Å². The van der Waals surface area contributed by atoms with Gasteiger partial charge in [-0.15, -0.1) is 6.42 Å². The van der Waals surface area contributed by atoms with Crippen LogP contribution < -0.4 is 4.90 Å². The molecule has 1 atom stereocenters. The number of hydrogen-bond donors (Lipinski definition) is 0. The summed E-state index contributed by atoms with van der Waals surface area (Å²) < 4.78 is 11.2. The van der Waals surface area contributed by atoms with E-state index in [1.807, 2.05) is 0 Å². The summed E-state index contributed by atoms with van der Waals surface area (Å²) in [4.78, 5) is 31.2. The summed E-state index contributed by atoms with van der Waals surface area (Å²) in [5.74, 6) is -0.623. The number of ether oxygens (including phenoxy) is 2. The molecule has 0 fully saturated rings. The second-order valence-corrected chi connectivity index (χ2v) is 5.99. The van der Waals surface area contributed by atoms with Gasteiger partial charge in [0.15, 0.2) is 0 Å². The average Bonchev–Trinajstić information content (AvgIpc) is 2.82. The first-order valence-corrected chi connectivity index (χ1v) is 7.79. The van der Waals surface area contributed by atoms with Gasteiger partial charge in [-0.3, -0.25) is 4.79 Å². The molecular weight excluding hydrogens is 344 g/mol. The van der Waals surface area contributed by atoms with Crippen molar-refractivity contribution < 1.29 is 19.1 Å². The lowest BCUT2D eigenvalue weighted by molar-refractivity contribution is -0.201. The molecule has 1 aromatic heterocycles. The lowest BCUT2D eigenvalue weighted by atomic mass is 10.1. The number of rotatable bonds is 2. The molecule has 0 spiro atoms. The fourth-order valence-electron chi connectivity index (χ4n) is 3.07. The van der Waals surface area contributed by atoms with Gasteiger partial charge >= 0.3 is 11.9 Å². The molecule has 25 heavy (non-hydrogen) atoms. The quantitative estimate of drug-likeness (QED) is 0.612. The Morgan fingerprint density at radius 2 is 2.16 bits per heavy atom. The van der Waals surface area contributed by atoms with E-state index in [9.17, 15) is 9.59 Å². The number of carbonyl (C=O) groups is 2. The molecule has 0 aliphatic carbocycles. The van der Waals surface area contributed by atoms with Gasteiger partial charge < -0.3 is 9.47 Å². The van der Waals surface area contributed by atoms with Crippen molar-refractivity contribution in [2.24, 2.45) is 0 Å². The molecule has 1 aromatic carbocycles. The Morgan fingerprint density at radius 3 is 2.92 bits per heavy atom. The van der Waals surface area contributed by atoms with Crippen molar-refractivity contribution in [2.45, 2.75) is 12.8 Å². The summed E-state index contributed by atoms with van der Waals surface area (Å²) in [6.45, 7) is 1.58. The minimum atomic E-state index is -1.83. The van der Waals surface area contributed by atoms with Gasteiger partial charge in [-0.05, 0) is 31.2 Å². The largest absolute Gasteiger partial charge is 0.404 e. The van der Waals surface area contributed by atoms with Crippen LogP contribution in [0.3, 0.4) is 0 Å². The second kappa shape index (κ2) is 5.31. The van der Waals surface area contributed by atoms with E-state index >= 15 is 0 Å². The molecule has 0 N–H and O–H groups in total. The summed E-state index contributed by atoms with van der Waals surface area (Å²) in [6, 6.07) is 8.11. The number of esters is 1. The molecule has 2 aliphatic heterocycles. The van der Waals surface area contributed by atoms with Crippen LogP contribution in [-0.4, -0.2) is 23.5 Å². The van der Waals surface area contributed by atoms with Gasteiger partial charge in [-0.25, -0.2) is 14.7 Å². The van der Waals surface area contributed by atoms with Gasteiger partial charge in [0.2, 0.25) is 0 Å². The van der Waals surface area contributed by atoms with E-state index in [0.717, 1.165) is 0 Å². The van der Waals surface area contributed by atoms with Gasteiger partial charge in [0.05, 0.1) is 16.3 Å². The minimum Gasteiger partial charge on any atom is -0.404 e. The number of anilines is 1. The molecule has 0 saturated carbocycles. The van der Waals surface area contributed by atoms with Crippen LogP contribution >= 0.6 is 11.6 Å². The zero-order chi connectivity index (χ0) is 17.8. The number of pyridine rings is 1. The third-order valence-electron chi connectivity index (χ3n) is 4.08. The highest BCUT2D eigenvalue weighted by Gasteiger charge is 2.60.